The minimum absolute atomic E-state index is 0.372. The van der Waals surface area contributed by atoms with Gasteiger partial charge in [0, 0.05) is 6.07 Å². The first-order chi connectivity index (χ1) is 11.0. The van der Waals surface area contributed by atoms with Gasteiger partial charge >= 0.3 is 5.63 Å². The summed E-state index contributed by atoms with van der Waals surface area (Å²) in [4.78, 5) is 11.7. The second-order valence-electron chi connectivity index (χ2n) is 5.36. The van der Waals surface area contributed by atoms with Crippen molar-refractivity contribution in [2.45, 2.75) is 20.4 Å². The summed E-state index contributed by atoms with van der Waals surface area (Å²) in [7, 11) is 3.19. The normalized spacial score (nSPS) is 11.0. The first-order valence-electron chi connectivity index (χ1n) is 7.22. The molecule has 6 heteroatoms. The Hall–Kier alpha value is -2.76. The summed E-state index contributed by atoms with van der Waals surface area (Å²) in [6.07, 6.45) is 0. The zero-order chi connectivity index (χ0) is 16.6. The van der Waals surface area contributed by atoms with E-state index in [1.807, 2.05) is 32.0 Å². The fourth-order valence-electron chi connectivity index (χ4n) is 2.75. The van der Waals surface area contributed by atoms with E-state index in [1.165, 1.54) is 6.07 Å². The molecule has 0 fully saturated rings. The van der Waals surface area contributed by atoms with Crippen LogP contribution < -0.4 is 15.1 Å². The van der Waals surface area contributed by atoms with Crippen molar-refractivity contribution < 1.29 is 13.9 Å². The maximum atomic E-state index is 11.7. The molecule has 0 aliphatic carbocycles. The molecular weight excluding hydrogens is 296 g/mol. The standard InChI is InChI=1S/C17H18N2O4/c1-10-7-15(20)23-17-16(10)11(2)18-19(17)9-12-5-6-13(21-3)14(8-12)22-4/h5-8H,9H2,1-4H3. The second kappa shape index (κ2) is 5.79. The molecular formula is C17H18N2O4. The van der Waals surface area contributed by atoms with Crippen LogP contribution in [0.3, 0.4) is 0 Å². The highest BCUT2D eigenvalue weighted by Gasteiger charge is 2.14. The Morgan fingerprint density at radius 3 is 2.57 bits per heavy atom. The van der Waals surface area contributed by atoms with Gasteiger partial charge in [0.2, 0.25) is 5.71 Å². The lowest BCUT2D eigenvalue weighted by Crippen LogP contribution is -2.05. The molecule has 2 aromatic heterocycles. The molecule has 0 radical (unpaired) electrons. The number of fused-ring (bicyclic) bond motifs is 1. The Morgan fingerprint density at radius 2 is 1.87 bits per heavy atom. The Balaban J connectivity index is 2.07. The number of nitrogens with zero attached hydrogens (tertiary/aromatic N) is 2. The molecule has 3 aromatic rings. The van der Waals surface area contributed by atoms with Gasteiger partial charge in [0.05, 0.1) is 31.8 Å². The van der Waals surface area contributed by atoms with Gasteiger partial charge in [-0.2, -0.15) is 5.10 Å². The van der Waals surface area contributed by atoms with Crippen LogP contribution in [-0.2, 0) is 6.54 Å². The lowest BCUT2D eigenvalue weighted by molar-refractivity contribution is 0.354. The van der Waals surface area contributed by atoms with Crippen LogP contribution in [0.15, 0.2) is 33.5 Å². The molecule has 23 heavy (non-hydrogen) atoms. The van der Waals surface area contributed by atoms with Crippen LogP contribution in [0, 0.1) is 13.8 Å². The first kappa shape index (κ1) is 15.1. The molecule has 0 aliphatic heterocycles. The Morgan fingerprint density at radius 1 is 1.13 bits per heavy atom. The lowest BCUT2D eigenvalue weighted by Gasteiger charge is -2.09. The maximum absolute atomic E-state index is 11.7. The summed E-state index contributed by atoms with van der Waals surface area (Å²) in [5.74, 6) is 1.32. The third-order valence-electron chi connectivity index (χ3n) is 3.79. The SMILES string of the molecule is COc1ccc(Cn2nc(C)c3c(C)cc(=O)oc32)cc1OC. The quantitative estimate of drug-likeness (QED) is 0.740. The molecule has 0 bridgehead atoms. The summed E-state index contributed by atoms with van der Waals surface area (Å²) in [6.45, 7) is 4.26. The second-order valence-corrected chi connectivity index (χ2v) is 5.36. The number of benzene rings is 1. The van der Waals surface area contributed by atoms with Crippen molar-refractivity contribution in [1.29, 1.82) is 0 Å². The van der Waals surface area contributed by atoms with E-state index < -0.39 is 0 Å². The molecule has 0 unspecified atom stereocenters. The van der Waals surface area contributed by atoms with Crippen LogP contribution in [0.25, 0.3) is 11.1 Å². The number of aryl methyl sites for hydroxylation is 2. The van der Waals surface area contributed by atoms with Crippen molar-refractivity contribution in [3.05, 3.63) is 51.5 Å². The highest BCUT2D eigenvalue weighted by molar-refractivity contribution is 5.80. The van der Waals surface area contributed by atoms with E-state index in [1.54, 1.807) is 18.9 Å². The molecule has 0 saturated heterocycles. The van der Waals surface area contributed by atoms with Crippen molar-refractivity contribution in [2.75, 3.05) is 14.2 Å². The van der Waals surface area contributed by atoms with Crippen LogP contribution in [0.5, 0.6) is 11.5 Å². The van der Waals surface area contributed by atoms with E-state index in [4.69, 9.17) is 13.9 Å². The minimum Gasteiger partial charge on any atom is -0.493 e. The third kappa shape index (κ3) is 2.67. The smallest absolute Gasteiger partial charge is 0.337 e. The van der Waals surface area contributed by atoms with Crippen molar-refractivity contribution in [3.8, 4) is 11.5 Å². The fourth-order valence-corrected chi connectivity index (χ4v) is 2.75. The van der Waals surface area contributed by atoms with Gasteiger partial charge in [0.15, 0.2) is 11.5 Å². The summed E-state index contributed by atoms with van der Waals surface area (Å²) in [5, 5.41) is 5.38. The minimum atomic E-state index is -0.372. The van der Waals surface area contributed by atoms with Gasteiger partial charge in [-0.05, 0) is 37.1 Å². The first-order valence-corrected chi connectivity index (χ1v) is 7.22. The van der Waals surface area contributed by atoms with Crippen molar-refractivity contribution in [3.63, 3.8) is 0 Å². The monoisotopic (exact) mass is 314 g/mol. The summed E-state index contributed by atoms with van der Waals surface area (Å²) < 4.78 is 17.6. The summed E-state index contributed by atoms with van der Waals surface area (Å²) in [6, 6.07) is 7.14. The number of rotatable bonds is 4. The molecule has 2 heterocycles. The molecule has 0 saturated carbocycles. The van der Waals surface area contributed by atoms with Gasteiger partial charge < -0.3 is 13.9 Å². The van der Waals surface area contributed by atoms with E-state index >= 15 is 0 Å². The highest BCUT2D eigenvalue weighted by atomic mass is 16.5. The predicted octanol–water partition coefficient (Wildman–Crippen LogP) is 2.67. The number of ether oxygens (including phenoxy) is 2. The number of hydrogen-bond donors (Lipinski definition) is 0. The van der Waals surface area contributed by atoms with Crippen LogP contribution in [-0.4, -0.2) is 24.0 Å². The Kier molecular flexibility index (Phi) is 3.82. The van der Waals surface area contributed by atoms with E-state index in [0.29, 0.717) is 23.8 Å². The summed E-state index contributed by atoms with van der Waals surface area (Å²) >= 11 is 0. The average Bonchev–Trinajstić information content (AvgIpc) is 2.83. The largest absolute Gasteiger partial charge is 0.493 e. The van der Waals surface area contributed by atoms with Crippen molar-refractivity contribution >= 4 is 11.1 Å². The molecule has 0 aliphatic rings. The zero-order valence-electron chi connectivity index (χ0n) is 13.5. The van der Waals surface area contributed by atoms with Gasteiger partial charge in [0.1, 0.15) is 0 Å². The molecule has 0 spiro atoms. The lowest BCUT2D eigenvalue weighted by atomic mass is 10.2. The highest BCUT2D eigenvalue weighted by Crippen LogP contribution is 2.28. The van der Waals surface area contributed by atoms with Gasteiger partial charge in [-0.15, -0.1) is 0 Å². The van der Waals surface area contributed by atoms with E-state index in [9.17, 15) is 4.79 Å². The van der Waals surface area contributed by atoms with Crippen LogP contribution >= 0.6 is 0 Å². The van der Waals surface area contributed by atoms with E-state index in [2.05, 4.69) is 5.10 Å². The molecule has 6 nitrogen and oxygen atoms in total. The van der Waals surface area contributed by atoms with E-state index in [-0.39, 0.29) is 5.63 Å². The van der Waals surface area contributed by atoms with Crippen LogP contribution in [0.4, 0.5) is 0 Å². The van der Waals surface area contributed by atoms with Gasteiger partial charge in [0.25, 0.3) is 0 Å². The topological polar surface area (TPSA) is 66.5 Å². The molecule has 120 valence electrons. The maximum Gasteiger partial charge on any atom is 0.337 e. The number of methoxy groups -OCH3 is 2. The molecule has 0 N–H and O–H groups in total. The molecule has 1 aromatic carbocycles. The van der Waals surface area contributed by atoms with Crippen LogP contribution in [0.2, 0.25) is 0 Å². The van der Waals surface area contributed by atoms with Crippen molar-refractivity contribution in [1.82, 2.24) is 9.78 Å². The summed E-state index contributed by atoms with van der Waals surface area (Å²) in [5.41, 5.74) is 2.79. The van der Waals surface area contributed by atoms with E-state index in [0.717, 1.165) is 22.2 Å². The number of hydrogen-bond acceptors (Lipinski definition) is 5. The van der Waals surface area contributed by atoms with Crippen molar-refractivity contribution in [2.24, 2.45) is 0 Å². The van der Waals surface area contributed by atoms with Gasteiger partial charge in [-0.1, -0.05) is 6.07 Å². The molecule has 3 rings (SSSR count). The van der Waals surface area contributed by atoms with Crippen LogP contribution in [0.1, 0.15) is 16.8 Å². The number of aromatic nitrogens is 2. The average molecular weight is 314 g/mol. The Labute approximate surface area is 133 Å². The molecule has 0 amide bonds. The molecule has 0 atom stereocenters. The van der Waals surface area contributed by atoms with Gasteiger partial charge in [-0.25, -0.2) is 9.48 Å². The van der Waals surface area contributed by atoms with Gasteiger partial charge in [-0.3, -0.25) is 0 Å². The third-order valence-corrected chi connectivity index (χ3v) is 3.79. The fraction of sp³-hybridized carbons (Fsp3) is 0.294. The Bertz CT molecular complexity index is 924. The zero-order valence-corrected chi connectivity index (χ0v) is 13.5. The predicted molar refractivity (Wildman–Crippen MR) is 86.4 cm³/mol.